The Hall–Kier alpha value is -2.83. The highest BCUT2D eigenvalue weighted by Gasteiger charge is 2.17. The second kappa shape index (κ2) is 6.74. The topological polar surface area (TPSA) is 56.8 Å². The first-order valence-electron chi connectivity index (χ1n) is 7.29. The van der Waals surface area contributed by atoms with E-state index < -0.39 is 17.5 Å². The molecule has 126 valence electrons. The number of rotatable bonds is 5. The minimum atomic E-state index is -0.855. The average Bonchev–Trinajstić information content (AvgIpc) is 3.01. The molecule has 1 aliphatic heterocycles. The zero-order valence-electron chi connectivity index (χ0n) is 12.8. The van der Waals surface area contributed by atoms with Gasteiger partial charge < -0.3 is 19.5 Å². The van der Waals surface area contributed by atoms with Gasteiger partial charge in [0.25, 0.3) is 5.91 Å². The van der Waals surface area contributed by atoms with Gasteiger partial charge >= 0.3 is 0 Å². The molecule has 0 radical (unpaired) electrons. The van der Waals surface area contributed by atoms with Crippen LogP contribution in [0.2, 0.25) is 0 Å². The number of carbonyl (C=O) groups is 1. The van der Waals surface area contributed by atoms with Gasteiger partial charge in [-0.15, -0.1) is 0 Å². The van der Waals surface area contributed by atoms with Crippen LogP contribution in [-0.4, -0.2) is 19.3 Å². The third-order valence-electron chi connectivity index (χ3n) is 3.53. The standard InChI is InChI=1S/C17H15F2NO4/c1-10(11-2-4-15-16(6-11)24-9-23-15)20-17(21)8-22-14-5-3-12(18)7-13(14)19/h2-7,10H,8-9H2,1H3,(H,20,21). The van der Waals surface area contributed by atoms with E-state index in [1.54, 1.807) is 19.1 Å². The summed E-state index contributed by atoms with van der Waals surface area (Å²) in [5.74, 6) is -0.885. The minimum Gasteiger partial charge on any atom is -0.481 e. The summed E-state index contributed by atoms with van der Waals surface area (Å²) in [5, 5.41) is 2.73. The lowest BCUT2D eigenvalue weighted by Gasteiger charge is -2.15. The maximum Gasteiger partial charge on any atom is 0.258 e. The Bertz CT molecular complexity index is 766. The van der Waals surface area contributed by atoms with E-state index >= 15 is 0 Å². The van der Waals surface area contributed by atoms with Gasteiger partial charge in [0.05, 0.1) is 6.04 Å². The molecule has 0 saturated heterocycles. The van der Waals surface area contributed by atoms with Crippen molar-refractivity contribution in [1.29, 1.82) is 0 Å². The largest absolute Gasteiger partial charge is 0.481 e. The van der Waals surface area contributed by atoms with E-state index in [4.69, 9.17) is 14.2 Å². The van der Waals surface area contributed by atoms with Crippen LogP contribution in [0.25, 0.3) is 0 Å². The molecule has 3 rings (SSSR count). The smallest absolute Gasteiger partial charge is 0.258 e. The highest BCUT2D eigenvalue weighted by atomic mass is 19.1. The van der Waals surface area contributed by atoms with E-state index in [1.807, 2.05) is 6.07 Å². The maximum atomic E-state index is 13.4. The van der Waals surface area contributed by atoms with E-state index in [2.05, 4.69) is 5.32 Å². The minimum absolute atomic E-state index is 0.177. The Morgan fingerprint density at radius 2 is 2.00 bits per heavy atom. The number of nitrogens with one attached hydrogen (secondary N) is 1. The molecule has 0 aromatic heterocycles. The number of benzene rings is 2. The van der Waals surface area contributed by atoms with Gasteiger partial charge in [-0.3, -0.25) is 4.79 Å². The maximum absolute atomic E-state index is 13.4. The lowest BCUT2D eigenvalue weighted by Crippen LogP contribution is -2.31. The third kappa shape index (κ3) is 3.56. The summed E-state index contributed by atoms with van der Waals surface area (Å²) >= 11 is 0. The van der Waals surface area contributed by atoms with Crippen molar-refractivity contribution < 1.29 is 27.8 Å². The van der Waals surface area contributed by atoms with Crippen molar-refractivity contribution in [3.63, 3.8) is 0 Å². The van der Waals surface area contributed by atoms with Gasteiger partial charge in [-0.25, -0.2) is 8.78 Å². The molecule has 0 spiro atoms. The molecule has 2 aromatic rings. The van der Waals surface area contributed by atoms with Crippen LogP contribution in [0.3, 0.4) is 0 Å². The molecule has 1 N–H and O–H groups in total. The molecular formula is C17H15F2NO4. The average molecular weight is 335 g/mol. The number of ether oxygens (including phenoxy) is 3. The van der Waals surface area contributed by atoms with Gasteiger partial charge in [-0.1, -0.05) is 6.07 Å². The van der Waals surface area contributed by atoms with Crippen LogP contribution in [0.15, 0.2) is 36.4 Å². The number of hydrogen-bond acceptors (Lipinski definition) is 4. The van der Waals surface area contributed by atoms with Crippen molar-refractivity contribution in [2.24, 2.45) is 0 Å². The Morgan fingerprint density at radius 1 is 1.21 bits per heavy atom. The fraction of sp³-hybridized carbons (Fsp3) is 0.235. The second-order valence-electron chi connectivity index (χ2n) is 5.27. The molecular weight excluding hydrogens is 320 g/mol. The molecule has 0 fully saturated rings. The Balaban J connectivity index is 1.56. The molecule has 1 aliphatic rings. The summed E-state index contributed by atoms with van der Waals surface area (Å²) in [4.78, 5) is 11.9. The molecule has 1 atom stereocenters. The van der Waals surface area contributed by atoms with Crippen molar-refractivity contribution in [2.75, 3.05) is 13.4 Å². The number of carbonyl (C=O) groups excluding carboxylic acids is 1. The van der Waals surface area contributed by atoms with Gasteiger partial charge in [0.1, 0.15) is 5.82 Å². The molecule has 0 aliphatic carbocycles. The van der Waals surface area contributed by atoms with Crippen LogP contribution in [0.5, 0.6) is 17.2 Å². The van der Waals surface area contributed by atoms with E-state index in [0.717, 1.165) is 17.7 Å². The van der Waals surface area contributed by atoms with E-state index in [1.165, 1.54) is 0 Å². The lowest BCUT2D eigenvalue weighted by atomic mass is 10.1. The van der Waals surface area contributed by atoms with Crippen molar-refractivity contribution in [3.05, 3.63) is 53.6 Å². The predicted molar refractivity (Wildman–Crippen MR) is 81.0 cm³/mol. The zero-order valence-corrected chi connectivity index (χ0v) is 12.8. The molecule has 2 aromatic carbocycles. The summed E-state index contributed by atoms with van der Waals surface area (Å²) in [6.07, 6.45) is 0. The quantitative estimate of drug-likeness (QED) is 0.913. The summed E-state index contributed by atoms with van der Waals surface area (Å²) < 4.78 is 41.8. The fourth-order valence-corrected chi connectivity index (χ4v) is 2.28. The lowest BCUT2D eigenvalue weighted by molar-refractivity contribution is -0.123. The first-order valence-corrected chi connectivity index (χ1v) is 7.29. The molecule has 1 unspecified atom stereocenters. The van der Waals surface area contributed by atoms with E-state index in [9.17, 15) is 13.6 Å². The van der Waals surface area contributed by atoms with E-state index in [-0.39, 0.29) is 25.2 Å². The van der Waals surface area contributed by atoms with Crippen LogP contribution in [-0.2, 0) is 4.79 Å². The summed E-state index contributed by atoms with van der Waals surface area (Å²) in [7, 11) is 0. The molecule has 0 saturated carbocycles. The number of halogens is 2. The van der Waals surface area contributed by atoms with Crippen molar-refractivity contribution in [1.82, 2.24) is 5.32 Å². The van der Waals surface area contributed by atoms with Gasteiger partial charge in [-0.2, -0.15) is 0 Å². The van der Waals surface area contributed by atoms with Crippen LogP contribution < -0.4 is 19.5 Å². The Kier molecular flexibility index (Phi) is 4.50. The van der Waals surface area contributed by atoms with Gasteiger partial charge in [0, 0.05) is 6.07 Å². The molecule has 7 heteroatoms. The second-order valence-corrected chi connectivity index (χ2v) is 5.27. The molecule has 0 bridgehead atoms. The molecule has 24 heavy (non-hydrogen) atoms. The van der Waals surface area contributed by atoms with E-state index in [0.29, 0.717) is 17.6 Å². The Morgan fingerprint density at radius 3 is 2.79 bits per heavy atom. The number of amides is 1. The first kappa shape index (κ1) is 16.0. The monoisotopic (exact) mass is 335 g/mol. The van der Waals surface area contributed by atoms with Crippen LogP contribution >= 0.6 is 0 Å². The molecule has 1 heterocycles. The van der Waals surface area contributed by atoms with Gasteiger partial charge in [0.15, 0.2) is 29.7 Å². The third-order valence-corrected chi connectivity index (χ3v) is 3.53. The summed E-state index contributed by atoms with van der Waals surface area (Å²) in [5.41, 5.74) is 0.834. The van der Waals surface area contributed by atoms with Crippen molar-refractivity contribution >= 4 is 5.91 Å². The van der Waals surface area contributed by atoms with Crippen molar-refractivity contribution in [3.8, 4) is 17.2 Å². The number of fused-ring (bicyclic) bond motifs is 1. The Labute approximate surface area is 137 Å². The SMILES string of the molecule is CC(NC(=O)COc1ccc(F)cc1F)c1ccc2c(c1)OCO2. The fourth-order valence-electron chi connectivity index (χ4n) is 2.28. The van der Waals surface area contributed by atoms with Crippen LogP contribution in [0, 0.1) is 11.6 Å². The van der Waals surface area contributed by atoms with Crippen molar-refractivity contribution in [2.45, 2.75) is 13.0 Å². The molecule has 5 nitrogen and oxygen atoms in total. The van der Waals surface area contributed by atoms with Gasteiger partial charge in [-0.05, 0) is 36.8 Å². The van der Waals surface area contributed by atoms with Crippen LogP contribution in [0.1, 0.15) is 18.5 Å². The predicted octanol–water partition coefficient (Wildman–Crippen LogP) is 2.95. The zero-order chi connectivity index (χ0) is 17.1. The molecule has 1 amide bonds. The highest BCUT2D eigenvalue weighted by molar-refractivity contribution is 5.78. The first-order chi connectivity index (χ1) is 11.5. The summed E-state index contributed by atoms with van der Waals surface area (Å²) in [6.45, 7) is 1.60. The number of hydrogen-bond donors (Lipinski definition) is 1. The van der Waals surface area contributed by atoms with Crippen LogP contribution in [0.4, 0.5) is 8.78 Å². The summed E-state index contributed by atoms with van der Waals surface area (Å²) in [6, 6.07) is 7.97. The van der Waals surface area contributed by atoms with Gasteiger partial charge in [0.2, 0.25) is 6.79 Å². The normalized spacial score (nSPS) is 13.5. The highest BCUT2D eigenvalue weighted by Crippen LogP contribution is 2.34.